The number of hydrogen-bond acceptors (Lipinski definition) is 4. The minimum absolute atomic E-state index is 0.0696. The Labute approximate surface area is 238 Å². The highest BCUT2D eigenvalue weighted by molar-refractivity contribution is 6.02. The van der Waals surface area contributed by atoms with Crippen LogP contribution in [-0.4, -0.2) is 53.4 Å². The van der Waals surface area contributed by atoms with Crippen LogP contribution in [0.25, 0.3) is 0 Å². The molecule has 2 N–H and O–H groups in total. The predicted octanol–water partition coefficient (Wildman–Crippen LogP) is 5.55. The third kappa shape index (κ3) is 8.99. The van der Waals surface area contributed by atoms with Crippen LogP contribution in [0.15, 0.2) is 36.5 Å². The van der Waals surface area contributed by atoms with Gasteiger partial charge in [0.05, 0.1) is 23.4 Å². The Bertz CT molecular complexity index is 1220. The van der Waals surface area contributed by atoms with Crippen LogP contribution in [-0.2, 0) is 22.4 Å². The first kappa shape index (κ1) is 32.0. The highest BCUT2D eigenvalue weighted by Gasteiger charge is 2.48. The first-order valence-electron chi connectivity index (χ1n) is 14.1. The van der Waals surface area contributed by atoms with Crippen LogP contribution in [0.5, 0.6) is 0 Å². The lowest BCUT2D eigenvalue weighted by Crippen LogP contribution is -2.50. The molecule has 224 valence electrons. The van der Waals surface area contributed by atoms with E-state index in [1.165, 1.54) is 12.1 Å². The van der Waals surface area contributed by atoms with Crippen molar-refractivity contribution in [2.45, 2.75) is 71.5 Å². The van der Waals surface area contributed by atoms with Crippen LogP contribution in [0, 0.1) is 23.6 Å². The van der Waals surface area contributed by atoms with E-state index in [1.807, 2.05) is 20.8 Å². The predicted molar refractivity (Wildman–Crippen MR) is 148 cm³/mol. The summed E-state index contributed by atoms with van der Waals surface area (Å²) in [6.07, 6.45) is 1.05. The van der Waals surface area contributed by atoms with Crippen LogP contribution in [0.2, 0.25) is 0 Å². The van der Waals surface area contributed by atoms with Gasteiger partial charge in [0.1, 0.15) is 18.4 Å². The number of halogens is 4. The Hall–Kier alpha value is -3.50. The number of amides is 3. The molecule has 3 amide bonds. The summed E-state index contributed by atoms with van der Waals surface area (Å²) in [5, 5.41) is 5.49. The SMILES string of the molecule is CC.CCc1ncccc1C(=O)NC(C(=O)Nc1ccc(CC(=O)N(C)CC(F)(F)F)cc1F)C(C1CC1)C1CC1. The topological polar surface area (TPSA) is 91.4 Å². The summed E-state index contributed by atoms with van der Waals surface area (Å²) in [6, 6.07) is 6.12. The number of pyridine rings is 1. The number of carbonyl (C=O) groups excluding carboxylic acids is 3. The average molecular weight is 579 g/mol. The monoisotopic (exact) mass is 578 g/mol. The Morgan fingerprint density at radius 1 is 1.07 bits per heavy atom. The fraction of sp³-hybridized carbons (Fsp3) is 0.533. The summed E-state index contributed by atoms with van der Waals surface area (Å²) in [7, 11) is 1.03. The van der Waals surface area contributed by atoms with E-state index >= 15 is 0 Å². The molecule has 2 aliphatic rings. The molecule has 1 aromatic carbocycles. The molecule has 41 heavy (non-hydrogen) atoms. The standard InChI is InChI=1S/C28H32F4N4O3.C2H6/c1-3-21-19(5-4-12-33-21)26(38)35-25(24(17-7-8-17)18-9-10-18)27(39)34-22-11-6-16(13-20(22)29)14-23(37)36(2)15-28(30,31)32;1-2/h4-6,11-13,17-18,24-25H,3,7-10,14-15H2,1-2H3,(H,34,39)(H,35,38);1-2H3. The van der Waals surface area contributed by atoms with E-state index in [-0.39, 0.29) is 17.2 Å². The average Bonchev–Trinajstić information content (AvgIpc) is 3.85. The molecular weight excluding hydrogens is 540 g/mol. The minimum atomic E-state index is -4.54. The van der Waals surface area contributed by atoms with E-state index in [4.69, 9.17) is 0 Å². The lowest BCUT2D eigenvalue weighted by molar-refractivity contribution is -0.157. The summed E-state index contributed by atoms with van der Waals surface area (Å²) in [6.45, 7) is 4.48. The zero-order valence-electron chi connectivity index (χ0n) is 23.9. The van der Waals surface area contributed by atoms with Crippen LogP contribution in [0.4, 0.5) is 23.2 Å². The molecule has 2 saturated carbocycles. The fourth-order valence-corrected chi connectivity index (χ4v) is 5.02. The van der Waals surface area contributed by atoms with Gasteiger partial charge in [-0.15, -0.1) is 0 Å². The van der Waals surface area contributed by atoms with Gasteiger partial charge in [0, 0.05) is 13.2 Å². The fourth-order valence-electron chi connectivity index (χ4n) is 5.02. The number of rotatable bonds is 11. The highest BCUT2D eigenvalue weighted by Crippen LogP contribution is 2.51. The van der Waals surface area contributed by atoms with Gasteiger partial charge in [-0.1, -0.05) is 26.8 Å². The number of hydrogen-bond donors (Lipinski definition) is 2. The van der Waals surface area contributed by atoms with Gasteiger partial charge in [0.2, 0.25) is 11.8 Å². The van der Waals surface area contributed by atoms with Gasteiger partial charge in [-0.25, -0.2) is 4.39 Å². The van der Waals surface area contributed by atoms with Crippen LogP contribution in [0.3, 0.4) is 0 Å². The molecule has 2 aliphatic carbocycles. The number of aromatic nitrogens is 1. The molecule has 0 bridgehead atoms. The van der Waals surface area contributed by atoms with E-state index in [0.717, 1.165) is 38.8 Å². The largest absolute Gasteiger partial charge is 0.406 e. The molecule has 1 aromatic heterocycles. The minimum Gasteiger partial charge on any atom is -0.340 e. The van der Waals surface area contributed by atoms with Crippen molar-refractivity contribution in [1.29, 1.82) is 0 Å². The number of alkyl halides is 3. The smallest absolute Gasteiger partial charge is 0.340 e. The van der Waals surface area contributed by atoms with Crippen molar-refractivity contribution in [3.63, 3.8) is 0 Å². The molecule has 0 aliphatic heterocycles. The molecule has 0 spiro atoms. The lowest BCUT2D eigenvalue weighted by Gasteiger charge is -2.28. The molecule has 1 heterocycles. The summed E-state index contributed by atoms with van der Waals surface area (Å²) in [5.74, 6) is -2.05. The van der Waals surface area contributed by atoms with Crippen molar-refractivity contribution in [1.82, 2.24) is 15.2 Å². The normalized spacial score (nSPS) is 15.4. The molecule has 0 radical (unpaired) electrons. The van der Waals surface area contributed by atoms with Gasteiger partial charge >= 0.3 is 6.18 Å². The van der Waals surface area contributed by atoms with Gasteiger partial charge in [0.15, 0.2) is 0 Å². The zero-order valence-corrected chi connectivity index (χ0v) is 23.9. The number of anilines is 1. The Kier molecular flexibility index (Phi) is 10.9. The molecule has 0 saturated heterocycles. The number of carbonyl (C=O) groups is 3. The third-order valence-electron chi connectivity index (χ3n) is 7.25. The van der Waals surface area contributed by atoms with E-state index in [9.17, 15) is 31.9 Å². The van der Waals surface area contributed by atoms with Gasteiger partial charge in [-0.2, -0.15) is 13.2 Å². The van der Waals surface area contributed by atoms with E-state index in [2.05, 4.69) is 15.6 Å². The number of nitrogens with one attached hydrogen (secondary N) is 2. The molecule has 7 nitrogen and oxygen atoms in total. The number of aryl methyl sites for hydroxylation is 1. The molecule has 11 heteroatoms. The van der Waals surface area contributed by atoms with Crippen molar-refractivity contribution in [2.24, 2.45) is 17.8 Å². The Morgan fingerprint density at radius 3 is 2.24 bits per heavy atom. The summed E-state index contributed by atoms with van der Waals surface area (Å²) >= 11 is 0. The van der Waals surface area contributed by atoms with Gasteiger partial charge in [-0.05, 0) is 79.7 Å². The second-order valence-electron chi connectivity index (χ2n) is 10.4. The number of likely N-dealkylation sites (N-methyl/N-ethyl adjacent to an activating group) is 1. The van der Waals surface area contributed by atoms with Gasteiger partial charge < -0.3 is 15.5 Å². The van der Waals surface area contributed by atoms with Crippen LogP contribution in [0.1, 0.15) is 68.1 Å². The third-order valence-corrected chi connectivity index (χ3v) is 7.25. The van der Waals surface area contributed by atoms with Crippen molar-refractivity contribution < 1.29 is 31.9 Å². The summed E-state index contributed by atoms with van der Waals surface area (Å²) < 4.78 is 52.6. The van der Waals surface area contributed by atoms with Gasteiger partial charge in [0.25, 0.3) is 5.91 Å². The van der Waals surface area contributed by atoms with Crippen molar-refractivity contribution >= 4 is 23.4 Å². The molecular formula is C30H38F4N4O3. The quantitative estimate of drug-likeness (QED) is 0.343. The number of benzene rings is 1. The molecule has 2 fully saturated rings. The lowest BCUT2D eigenvalue weighted by atomic mass is 9.88. The van der Waals surface area contributed by atoms with Crippen molar-refractivity contribution in [3.8, 4) is 0 Å². The Balaban J connectivity index is 0.00000226. The summed E-state index contributed by atoms with van der Waals surface area (Å²) in [4.78, 5) is 43.6. The van der Waals surface area contributed by atoms with Crippen LogP contribution < -0.4 is 10.6 Å². The maximum atomic E-state index is 15.0. The van der Waals surface area contributed by atoms with Crippen molar-refractivity contribution in [3.05, 3.63) is 59.2 Å². The first-order chi connectivity index (χ1) is 19.5. The second kappa shape index (κ2) is 13.9. The van der Waals surface area contributed by atoms with Crippen LogP contribution >= 0.6 is 0 Å². The van der Waals surface area contributed by atoms with E-state index in [0.29, 0.717) is 34.4 Å². The molecule has 2 aromatic rings. The molecule has 4 rings (SSSR count). The second-order valence-corrected chi connectivity index (χ2v) is 10.4. The number of nitrogens with zero attached hydrogens (tertiary/aromatic N) is 2. The Morgan fingerprint density at radius 2 is 1.71 bits per heavy atom. The maximum Gasteiger partial charge on any atom is 0.406 e. The molecule has 1 unspecified atom stereocenters. The maximum absolute atomic E-state index is 15.0. The van der Waals surface area contributed by atoms with Crippen molar-refractivity contribution in [2.75, 3.05) is 18.9 Å². The summed E-state index contributed by atoms with van der Waals surface area (Å²) in [5.41, 5.74) is 1.03. The van der Waals surface area contributed by atoms with E-state index in [1.54, 1.807) is 18.3 Å². The highest BCUT2D eigenvalue weighted by atomic mass is 19.4. The first-order valence-corrected chi connectivity index (χ1v) is 14.1. The molecule has 1 atom stereocenters. The van der Waals surface area contributed by atoms with E-state index < -0.39 is 48.7 Å². The van der Waals surface area contributed by atoms with Gasteiger partial charge in [-0.3, -0.25) is 19.4 Å². The zero-order chi connectivity index (χ0) is 30.3.